The predicted octanol–water partition coefficient (Wildman–Crippen LogP) is 7.35. The molecule has 0 aliphatic heterocycles. The Hall–Kier alpha value is -1.68. The van der Waals surface area contributed by atoms with Gasteiger partial charge in [-0.3, -0.25) is 0 Å². The molecule has 3 aromatic rings. The van der Waals surface area contributed by atoms with Gasteiger partial charge in [0.05, 0.1) is 4.88 Å². The van der Waals surface area contributed by atoms with Crippen molar-refractivity contribution in [1.29, 1.82) is 5.26 Å². The Bertz CT molecular complexity index is 1010. The molecule has 8 heteroatoms. The Kier molecular flexibility index (Phi) is 7.06. The second kappa shape index (κ2) is 9.50. The molecule has 1 N–H and O–H groups in total. The van der Waals surface area contributed by atoms with E-state index in [1.165, 1.54) is 23.3 Å². The Morgan fingerprint density at radius 2 is 1.85 bits per heavy atom. The van der Waals surface area contributed by atoms with Crippen LogP contribution in [-0.2, 0) is 5.75 Å². The largest absolute Gasteiger partial charge is 0.362 e. The number of hydrogen-bond acceptors (Lipinski definition) is 5. The molecule has 0 saturated heterocycles. The number of halogens is 3. The highest BCUT2D eigenvalue weighted by atomic mass is 35.5. The van der Waals surface area contributed by atoms with E-state index >= 15 is 0 Å². The first kappa shape index (κ1) is 20.1. The van der Waals surface area contributed by atoms with Gasteiger partial charge in [0, 0.05) is 32.7 Å². The van der Waals surface area contributed by atoms with Crippen LogP contribution in [0.4, 0.5) is 5.69 Å². The van der Waals surface area contributed by atoms with Crippen molar-refractivity contribution in [1.82, 2.24) is 4.37 Å². The lowest BCUT2D eigenvalue weighted by molar-refractivity contribution is 1.24. The minimum absolute atomic E-state index is 0.559. The number of nitrogens with zero attached hydrogens (tertiary/aromatic N) is 2. The summed E-state index contributed by atoms with van der Waals surface area (Å²) in [5.74, 6) is 0.612. The third-order valence-electron chi connectivity index (χ3n) is 3.51. The second-order valence-electron chi connectivity index (χ2n) is 5.35. The second-order valence-corrected chi connectivity index (χ2v) is 8.40. The van der Waals surface area contributed by atoms with Gasteiger partial charge in [-0.15, -0.1) is 0 Å². The number of nitrogens with one attached hydrogen (secondary N) is 1. The van der Waals surface area contributed by atoms with Gasteiger partial charge in [0.15, 0.2) is 0 Å². The minimum Gasteiger partial charge on any atom is -0.362 e. The van der Waals surface area contributed by atoms with Gasteiger partial charge in [0.25, 0.3) is 0 Å². The van der Waals surface area contributed by atoms with Gasteiger partial charge < -0.3 is 5.32 Å². The van der Waals surface area contributed by atoms with E-state index in [4.69, 9.17) is 34.8 Å². The van der Waals surface area contributed by atoms with Crippen molar-refractivity contribution < 1.29 is 0 Å². The Balaban J connectivity index is 1.68. The molecule has 0 unspecified atom stereocenters. The lowest BCUT2D eigenvalue weighted by Crippen LogP contribution is -1.87. The van der Waals surface area contributed by atoms with Crippen LogP contribution in [0.5, 0.6) is 0 Å². The van der Waals surface area contributed by atoms with Gasteiger partial charge in [0.1, 0.15) is 16.7 Å². The Morgan fingerprint density at radius 3 is 2.56 bits per heavy atom. The van der Waals surface area contributed by atoms with Crippen LogP contribution < -0.4 is 5.32 Å². The van der Waals surface area contributed by atoms with Gasteiger partial charge >= 0.3 is 0 Å². The average Bonchev–Trinajstić information content (AvgIpc) is 3.04. The fourth-order valence-corrected chi connectivity index (χ4v) is 4.69. The van der Waals surface area contributed by atoms with Crippen LogP contribution in [0.2, 0.25) is 15.1 Å². The molecule has 1 aromatic heterocycles. The SMILES string of the molecule is N#Cc1c(SCc2ccc(Cl)cc2Cl)nsc1C=CNc1ccc(Cl)cc1. The van der Waals surface area contributed by atoms with E-state index in [9.17, 15) is 5.26 Å². The molecule has 0 fully saturated rings. The third-order valence-corrected chi connectivity index (χ3v) is 6.30. The summed E-state index contributed by atoms with van der Waals surface area (Å²) in [7, 11) is 0. The number of hydrogen-bond donors (Lipinski definition) is 1. The third kappa shape index (κ3) is 5.41. The van der Waals surface area contributed by atoms with Gasteiger partial charge in [-0.2, -0.15) is 9.64 Å². The standard InChI is InChI=1S/C19H12Cl3N3S2/c20-13-3-5-15(6-4-13)24-8-7-18-16(10-23)19(25-27-18)26-11-12-1-2-14(21)9-17(12)22/h1-9,24H,11H2. The molecule has 0 atom stereocenters. The molecular weight excluding hydrogens is 441 g/mol. The molecule has 2 aromatic carbocycles. The first-order valence-electron chi connectivity index (χ1n) is 7.72. The quantitative estimate of drug-likeness (QED) is 0.397. The molecule has 0 spiro atoms. The average molecular weight is 453 g/mol. The number of benzene rings is 2. The number of rotatable bonds is 6. The number of nitriles is 1. The maximum Gasteiger partial charge on any atom is 0.129 e. The number of thioether (sulfide) groups is 1. The van der Waals surface area contributed by atoms with E-state index in [2.05, 4.69) is 15.8 Å². The lowest BCUT2D eigenvalue weighted by atomic mass is 10.2. The van der Waals surface area contributed by atoms with Crippen LogP contribution in [-0.4, -0.2) is 4.37 Å². The van der Waals surface area contributed by atoms with E-state index in [1.807, 2.05) is 36.4 Å². The zero-order valence-electron chi connectivity index (χ0n) is 13.7. The highest BCUT2D eigenvalue weighted by Crippen LogP contribution is 2.32. The fraction of sp³-hybridized carbons (Fsp3) is 0.0526. The summed E-state index contributed by atoms with van der Waals surface area (Å²) in [6.45, 7) is 0. The molecule has 0 aliphatic rings. The summed E-state index contributed by atoms with van der Waals surface area (Å²) in [5.41, 5.74) is 2.42. The van der Waals surface area contributed by atoms with Crippen LogP contribution in [0.25, 0.3) is 6.08 Å². The van der Waals surface area contributed by atoms with Crippen LogP contribution in [0.1, 0.15) is 16.0 Å². The monoisotopic (exact) mass is 451 g/mol. The molecule has 0 radical (unpaired) electrons. The van der Waals surface area contributed by atoms with Gasteiger partial charge in [-0.05, 0) is 59.6 Å². The van der Waals surface area contributed by atoms with Gasteiger partial charge in [-0.25, -0.2) is 0 Å². The normalized spacial score (nSPS) is 10.9. The highest BCUT2D eigenvalue weighted by Gasteiger charge is 2.13. The Morgan fingerprint density at radius 1 is 1.11 bits per heavy atom. The fourth-order valence-electron chi connectivity index (χ4n) is 2.15. The van der Waals surface area contributed by atoms with Crippen LogP contribution in [0, 0.1) is 11.3 Å². The van der Waals surface area contributed by atoms with E-state index < -0.39 is 0 Å². The number of aromatic nitrogens is 1. The van der Waals surface area contributed by atoms with E-state index in [-0.39, 0.29) is 0 Å². The lowest BCUT2D eigenvalue weighted by Gasteiger charge is -2.03. The highest BCUT2D eigenvalue weighted by molar-refractivity contribution is 7.98. The summed E-state index contributed by atoms with van der Waals surface area (Å²) < 4.78 is 4.40. The first-order chi connectivity index (χ1) is 13.1. The predicted molar refractivity (Wildman–Crippen MR) is 117 cm³/mol. The van der Waals surface area contributed by atoms with Crippen molar-refractivity contribution >= 4 is 69.9 Å². The van der Waals surface area contributed by atoms with E-state index in [1.54, 1.807) is 18.3 Å². The smallest absolute Gasteiger partial charge is 0.129 e. The van der Waals surface area contributed by atoms with Gasteiger partial charge in [-0.1, -0.05) is 52.6 Å². The summed E-state index contributed by atoms with van der Waals surface area (Å²) in [6.07, 6.45) is 3.62. The molecule has 0 saturated carbocycles. The molecule has 1 heterocycles. The maximum atomic E-state index is 9.51. The first-order valence-corrected chi connectivity index (χ1v) is 10.6. The molecule has 27 heavy (non-hydrogen) atoms. The molecule has 0 aliphatic carbocycles. The summed E-state index contributed by atoms with van der Waals surface area (Å²) in [6, 6.07) is 15.0. The van der Waals surface area contributed by atoms with Crippen LogP contribution >= 0.6 is 58.1 Å². The molecule has 0 amide bonds. The molecule has 136 valence electrons. The summed E-state index contributed by atoms with van der Waals surface area (Å²) in [4.78, 5) is 0.795. The molecule has 3 rings (SSSR count). The molecular formula is C19H12Cl3N3S2. The Labute approximate surface area is 180 Å². The van der Waals surface area contributed by atoms with Crippen molar-refractivity contribution in [3.8, 4) is 6.07 Å². The summed E-state index contributed by atoms with van der Waals surface area (Å²) in [5, 5.41) is 15.2. The van der Waals surface area contributed by atoms with E-state index in [0.717, 1.165) is 16.1 Å². The zero-order chi connectivity index (χ0) is 19.2. The van der Waals surface area contributed by atoms with Crippen molar-refractivity contribution in [2.75, 3.05) is 5.32 Å². The molecule has 3 nitrogen and oxygen atoms in total. The van der Waals surface area contributed by atoms with Gasteiger partial charge in [0.2, 0.25) is 0 Å². The number of anilines is 1. The molecule has 0 bridgehead atoms. The summed E-state index contributed by atoms with van der Waals surface area (Å²) >= 11 is 20.8. The zero-order valence-corrected chi connectivity index (χ0v) is 17.6. The van der Waals surface area contributed by atoms with E-state index in [0.29, 0.717) is 31.4 Å². The maximum absolute atomic E-state index is 9.51. The van der Waals surface area contributed by atoms with Crippen LogP contribution in [0.3, 0.4) is 0 Å². The topological polar surface area (TPSA) is 48.7 Å². The van der Waals surface area contributed by atoms with Crippen molar-refractivity contribution in [3.05, 3.63) is 79.7 Å². The van der Waals surface area contributed by atoms with Crippen molar-refractivity contribution in [2.45, 2.75) is 10.8 Å². The minimum atomic E-state index is 0.559. The van der Waals surface area contributed by atoms with Crippen molar-refractivity contribution in [3.63, 3.8) is 0 Å². The van der Waals surface area contributed by atoms with Crippen LogP contribution in [0.15, 0.2) is 53.7 Å². The van der Waals surface area contributed by atoms with Crippen molar-refractivity contribution in [2.24, 2.45) is 0 Å².